The van der Waals surface area contributed by atoms with Crippen LogP contribution in [0.15, 0.2) is 0 Å². The lowest BCUT2D eigenvalue weighted by atomic mass is 9.84. The van der Waals surface area contributed by atoms with Crippen molar-refractivity contribution in [2.45, 2.75) is 64.5 Å². The minimum Gasteiger partial charge on any atom is -0.352 e. The van der Waals surface area contributed by atoms with E-state index in [0.29, 0.717) is 17.9 Å². The van der Waals surface area contributed by atoms with Crippen molar-refractivity contribution in [1.29, 1.82) is 0 Å². The maximum absolute atomic E-state index is 12.1. The summed E-state index contributed by atoms with van der Waals surface area (Å²) in [6.45, 7) is 5.32. The highest BCUT2D eigenvalue weighted by Gasteiger charge is 2.31. The van der Waals surface area contributed by atoms with Gasteiger partial charge in [-0.15, -0.1) is 0 Å². The fraction of sp³-hybridized carbons (Fsp3) is 0.929. The molecule has 0 bridgehead atoms. The topological polar surface area (TPSA) is 41.1 Å². The van der Waals surface area contributed by atoms with Crippen LogP contribution in [0, 0.1) is 11.8 Å². The first kappa shape index (κ1) is 12.9. The SMILES string of the molecule is CC1CCNC1C(=O)N[C@@H](C)C1CCCCC1. The van der Waals surface area contributed by atoms with E-state index < -0.39 is 0 Å². The van der Waals surface area contributed by atoms with Crippen LogP contribution < -0.4 is 10.6 Å². The van der Waals surface area contributed by atoms with Crippen molar-refractivity contribution in [2.75, 3.05) is 6.54 Å². The van der Waals surface area contributed by atoms with Crippen molar-refractivity contribution in [2.24, 2.45) is 11.8 Å². The van der Waals surface area contributed by atoms with Gasteiger partial charge in [0.05, 0.1) is 6.04 Å². The first-order valence-corrected chi connectivity index (χ1v) is 7.22. The second-order valence-corrected chi connectivity index (χ2v) is 5.89. The third kappa shape index (κ3) is 3.21. The quantitative estimate of drug-likeness (QED) is 0.790. The fourth-order valence-corrected chi connectivity index (χ4v) is 3.25. The van der Waals surface area contributed by atoms with Crippen LogP contribution in [0.2, 0.25) is 0 Å². The Hall–Kier alpha value is -0.570. The molecular formula is C14H26N2O. The minimum atomic E-state index is 0.0426. The summed E-state index contributed by atoms with van der Waals surface area (Å²) in [4.78, 5) is 12.1. The van der Waals surface area contributed by atoms with E-state index in [4.69, 9.17) is 0 Å². The summed E-state index contributed by atoms with van der Waals surface area (Å²) in [5.41, 5.74) is 0. The molecule has 1 aliphatic carbocycles. The summed E-state index contributed by atoms with van der Waals surface area (Å²) < 4.78 is 0. The van der Waals surface area contributed by atoms with Crippen LogP contribution in [0.1, 0.15) is 52.4 Å². The average molecular weight is 238 g/mol. The molecule has 17 heavy (non-hydrogen) atoms. The van der Waals surface area contributed by atoms with E-state index in [-0.39, 0.29) is 11.9 Å². The fourth-order valence-electron chi connectivity index (χ4n) is 3.25. The van der Waals surface area contributed by atoms with Gasteiger partial charge in [0.25, 0.3) is 0 Å². The lowest BCUT2D eigenvalue weighted by Crippen LogP contribution is -2.48. The standard InChI is InChI=1S/C14H26N2O/c1-10-8-9-15-13(10)14(17)16-11(2)12-6-4-3-5-7-12/h10-13,15H,3-9H2,1-2H3,(H,16,17)/t10?,11-,13?/m0/s1. The third-order valence-electron chi connectivity index (χ3n) is 4.54. The molecule has 1 saturated carbocycles. The predicted molar refractivity (Wildman–Crippen MR) is 69.8 cm³/mol. The smallest absolute Gasteiger partial charge is 0.237 e. The van der Waals surface area contributed by atoms with Gasteiger partial charge >= 0.3 is 0 Å². The van der Waals surface area contributed by atoms with Crippen LogP contribution in [0.3, 0.4) is 0 Å². The van der Waals surface area contributed by atoms with Crippen LogP contribution in [0.5, 0.6) is 0 Å². The number of hydrogen-bond acceptors (Lipinski definition) is 2. The number of carbonyl (C=O) groups excluding carboxylic acids is 1. The number of amides is 1. The molecule has 2 aliphatic rings. The molecule has 1 aliphatic heterocycles. The van der Waals surface area contributed by atoms with Crippen LogP contribution in [0.25, 0.3) is 0 Å². The molecule has 1 heterocycles. The summed E-state index contributed by atoms with van der Waals surface area (Å²) in [6, 6.07) is 0.387. The Morgan fingerprint density at radius 1 is 1.24 bits per heavy atom. The lowest BCUT2D eigenvalue weighted by molar-refractivity contribution is -0.124. The molecule has 0 radical (unpaired) electrons. The third-order valence-corrected chi connectivity index (χ3v) is 4.54. The Bertz CT molecular complexity index is 261. The highest BCUT2D eigenvalue weighted by molar-refractivity contribution is 5.82. The van der Waals surface area contributed by atoms with E-state index >= 15 is 0 Å². The molecule has 98 valence electrons. The van der Waals surface area contributed by atoms with Gasteiger partial charge in [0.2, 0.25) is 5.91 Å². The first-order valence-electron chi connectivity index (χ1n) is 7.22. The Kier molecular flexibility index (Phi) is 4.43. The highest BCUT2D eigenvalue weighted by Crippen LogP contribution is 2.26. The van der Waals surface area contributed by atoms with Crippen molar-refractivity contribution in [3.63, 3.8) is 0 Å². The molecule has 0 spiro atoms. The Morgan fingerprint density at radius 3 is 2.53 bits per heavy atom. The molecule has 0 aromatic carbocycles. The lowest BCUT2D eigenvalue weighted by Gasteiger charge is -2.29. The Morgan fingerprint density at radius 2 is 1.94 bits per heavy atom. The van der Waals surface area contributed by atoms with Gasteiger partial charge in [0.15, 0.2) is 0 Å². The Labute approximate surface area is 105 Å². The van der Waals surface area contributed by atoms with Crippen LogP contribution in [0.4, 0.5) is 0 Å². The van der Waals surface area contributed by atoms with Crippen LogP contribution in [-0.4, -0.2) is 24.5 Å². The summed E-state index contributed by atoms with van der Waals surface area (Å²) in [5, 5.41) is 6.52. The van der Waals surface area contributed by atoms with E-state index in [1.165, 1.54) is 32.1 Å². The molecule has 3 heteroatoms. The van der Waals surface area contributed by atoms with Gasteiger partial charge in [0, 0.05) is 6.04 Å². The zero-order chi connectivity index (χ0) is 12.3. The molecule has 3 nitrogen and oxygen atoms in total. The molecular weight excluding hydrogens is 212 g/mol. The highest BCUT2D eigenvalue weighted by atomic mass is 16.2. The first-order chi connectivity index (χ1) is 8.18. The van der Waals surface area contributed by atoms with Gasteiger partial charge in [0.1, 0.15) is 0 Å². The van der Waals surface area contributed by atoms with E-state index in [1.54, 1.807) is 0 Å². The second-order valence-electron chi connectivity index (χ2n) is 5.89. The molecule has 0 aromatic heterocycles. The van der Waals surface area contributed by atoms with Gasteiger partial charge in [-0.1, -0.05) is 26.2 Å². The van der Waals surface area contributed by atoms with E-state index in [1.807, 2.05) is 0 Å². The number of carbonyl (C=O) groups is 1. The van der Waals surface area contributed by atoms with Crippen molar-refractivity contribution in [3.05, 3.63) is 0 Å². The number of nitrogens with one attached hydrogen (secondary N) is 2. The normalized spacial score (nSPS) is 32.4. The molecule has 2 rings (SSSR count). The monoisotopic (exact) mass is 238 g/mol. The number of hydrogen-bond donors (Lipinski definition) is 2. The van der Waals surface area contributed by atoms with E-state index in [0.717, 1.165) is 13.0 Å². The maximum atomic E-state index is 12.1. The molecule has 2 fully saturated rings. The molecule has 2 N–H and O–H groups in total. The van der Waals surface area contributed by atoms with Gasteiger partial charge < -0.3 is 10.6 Å². The summed E-state index contributed by atoms with van der Waals surface area (Å²) in [6.07, 6.45) is 7.74. The van der Waals surface area contributed by atoms with Gasteiger partial charge in [-0.05, 0) is 44.6 Å². The summed E-state index contributed by atoms with van der Waals surface area (Å²) >= 11 is 0. The average Bonchev–Trinajstić information content (AvgIpc) is 2.76. The van der Waals surface area contributed by atoms with Crippen molar-refractivity contribution < 1.29 is 4.79 Å². The summed E-state index contributed by atoms with van der Waals surface area (Å²) in [7, 11) is 0. The second kappa shape index (κ2) is 5.85. The number of rotatable bonds is 3. The van der Waals surface area contributed by atoms with Gasteiger partial charge in [-0.3, -0.25) is 4.79 Å². The van der Waals surface area contributed by atoms with Crippen molar-refractivity contribution in [3.8, 4) is 0 Å². The minimum absolute atomic E-state index is 0.0426. The molecule has 1 saturated heterocycles. The molecule has 1 amide bonds. The van der Waals surface area contributed by atoms with E-state index in [9.17, 15) is 4.79 Å². The zero-order valence-electron chi connectivity index (χ0n) is 11.2. The van der Waals surface area contributed by atoms with Gasteiger partial charge in [-0.2, -0.15) is 0 Å². The summed E-state index contributed by atoms with van der Waals surface area (Å²) in [5.74, 6) is 1.39. The molecule has 0 aromatic rings. The maximum Gasteiger partial charge on any atom is 0.237 e. The van der Waals surface area contributed by atoms with Crippen LogP contribution >= 0.6 is 0 Å². The van der Waals surface area contributed by atoms with Gasteiger partial charge in [-0.25, -0.2) is 0 Å². The predicted octanol–water partition coefficient (Wildman–Crippen LogP) is 2.07. The molecule has 3 atom stereocenters. The largest absolute Gasteiger partial charge is 0.352 e. The van der Waals surface area contributed by atoms with E-state index in [2.05, 4.69) is 24.5 Å². The van der Waals surface area contributed by atoms with Crippen LogP contribution in [-0.2, 0) is 4.79 Å². The van der Waals surface area contributed by atoms with Crippen molar-refractivity contribution in [1.82, 2.24) is 10.6 Å². The Balaban J connectivity index is 1.80. The van der Waals surface area contributed by atoms with Crippen molar-refractivity contribution >= 4 is 5.91 Å². The molecule has 2 unspecified atom stereocenters. The zero-order valence-corrected chi connectivity index (χ0v) is 11.2.